The molecule has 0 unspecified atom stereocenters. The molecule has 0 radical (unpaired) electrons. The van der Waals surface area contributed by atoms with Gasteiger partial charge in [-0.3, -0.25) is 9.69 Å². The minimum Gasteiger partial charge on any atom is -0.395 e. The van der Waals surface area contributed by atoms with Crippen molar-refractivity contribution in [1.82, 2.24) is 4.90 Å². The van der Waals surface area contributed by atoms with Crippen LogP contribution in [-0.2, 0) is 4.79 Å². The molecule has 0 spiro atoms. The monoisotopic (exact) mass is 270 g/mol. The Morgan fingerprint density at radius 2 is 1.95 bits per heavy atom. The van der Waals surface area contributed by atoms with Crippen LogP contribution in [0.3, 0.4) is 0 Å². The molecule has 3 N–H and O–H groups in total. The average molecular weight is 270 g/mol. The second-order valence-electron chi connectivity index (χ2n) is 4.24. The molecule has 0 fully saturated rings. The minimum atomic E-state index is -0.375. The van der Waals surface area contributed by atoms with Crippen molar-refractivity contribution in [1.29, 1.82) is 0 Å². The Bertz CT molecular complexity index is 420. The fourth-order valence-electron chi connectivity index (χ4n) is 1.63. The maximum atomic E-state index is 13.3. The lowest BCUT2D eigenvalue weighted by molar-refractivity contribution is -0.117. The second kappa shape index (κ2) is 7.83. The van der Waals surface area contributed by atoms with E-state index in [0.29, 0.717) is 24.3 Å². The molecule has 0 saturated heterocycles. The summed E-state index contributed by atoms with van der Waals surface area (Å²) in [6, 6.07) is 4.47. The smallest absolute Gasteiger partial charge is 0.238 e. The number of anilines is 1. The number of carbonyl (C=O) groups excluding carboxylic acids is 1. The second-order valence-corrected chi connectivity index (χ2v) is 4.24. The van der Waals surface area contributed by atoms with Gasteiger partial charge in [-0.2, -0.15) is 0 Å². The van der Waals surface area contributed by atoms with Crippen LogP contribution in [0, 0.1) is 12.7 Å². The van der Waals surface area contributed by atoms with E-state index in [2.05, 4.69) is 5.32 Å². The molecule has 19 heavy (non-hydrogen) atoms. The van der Waals surface area contributed by atoms with Gasteiger partial charge in [0.25, 0.3) is 0 Å². The van der Waals surface area contributed by atoms with E-state index in [1.165, 1.54) is 6.07 Å². The average Bonchev–Trinajstić information content (AvgIpc) is 2.34. The van der Waals surface area contributed by atoms with Crippen LogP contribution < -0.4 is 5.32 Å². The molecule has 6 heteroatoms. The first-order valence-corrected chi connectivity index (χ1v) is 6.07. The molecule has 0 aliphatic heterocycles. The van der Waals surface area contributed by atoms with Gasteiger partial charge in [0, 0.05) is 18.8 Å². The van der Waals surface area contributed by atoms with Crippen LogP contribution in [0.5, 0.6) is 0 Å². The van der Waals surface area contributed by atoms with E-state index >= 15 is 0 Å². The van der Waals surface area contributed by atoms with Gasteiger partial charge in [0.2, 0.25) is 5.91 Å². The fraction of sp³-hybridized carbons (Fsp3) is 0.462. The molecule has 106 valence electrons. The Labute approximate surface area is 111 Å². The van der Waals surface area contributed by atoms with E-state index in [4.69, 9.17) is 10.2 Å². The van der Waals surface area contributed by atoms with Crippen LogP contribution in [0.2, 0.25) is 0 Å². The van der Waals surface area contributed by atoms with Crippen LogP contribution in [0.1, 0.15) is 5.56 Å². The Morgan fingerprint density at radius 3 is 2.47 bits per heavy atom. The van der Waals surface area contributed by atoms with Gasteiger partial charge in [0.15, 0.2) is 0 Å². The third-order valence-electron chi connectivity index (χ3n) is 2.66. The van der Waals surface area contributed by atoms with Crippen molar-refractivity contribution in [2.24, 2.45) is 0 Å². The number of nitrogens with one attached hydrogen (secondary N) is 1. The summed E-state index contributed by atoms with van der Waals surface area (Å²) in [5.41, 5.74) is 0.904. The first-order valence-electron chi connectivity index (χ1n) is 6.07. The van der Waals surface area contributed by atoms with Gasteiger partial charge < -0.3 is 15.5 Å². The predicted octanol–water partition coefficient (Wildman–Crippen LogP) is 0.359. The highest BCUT2D eigenvalue weighted by Crippen LogP contribution is 2.13. The van der Waals surface area contributed by atoms with Crippen molar-refractivity contribution in [3.8, 4) is 0 Å². The number of hydrogen-bond donors (Lipinski definition) is 3. The van der Waals surface area contributed by atoms with E-state index in [1.54, 1.807) is 24.0 Å². The van der Waals surface area contributed by atoms with Gasteiger partial charge in [-0.25, -0.2) is 4.39 Å². The molecule has 1 aromatic rings. The lowest BCUT2D eigenvalue weighted by Crippen LogP contribution is -2.37. The molecule has 5 nitrogen and oxygen atoms in total. The normalized spacial score (nSPS) is 10.8. The summed E-state index contributed by atoms with van der Waals surface area (Å²) in [7, 11) is 0. The van der Waals surface area contributed by atoms with Gasteiger partial charge in [0.05, 0.1) is 19.8 Å². The van der Waals surface area contributed by atoms with E-state index in [0.717, 1.165) is 0 Å². The maximum Gasteiger partial charge on any atom is 0.238 e. The van der Waals surface area contributed by atoms with Crippen molar-refractivity contribution in [3.05, 3.63) is 29.6 Å². The van der Waals surface area contributed by atoms with Crippen molar-refractivity contribution >= 4 is 11.6 Å². The van der Waals surface area contributed by atoms with Crippen LogP contribution in [0.25, 0.3) is 0 Å². The number of hydrogen-bond acceptors (Lipinski definition) is 4. The number of nitrogens with zero attached hydrogens (tertiary/aromatic N) is 1. The first kappa shape index (κ1) is 15.6. The molecule has 0 atom stereocenters. The third-order valence-corrected chi connectivity index (χ3v) is 2.66. The minimum absolute atomic E-state index is 0.0383. The third kappa shape index (κ3) is 5.34. The Kier molecular flexibility index (Phi) is 6.41. The van der Waals surface area contributed by atoms with E-state index in [-0.39, 0.29) is 31.5 Å². The van der Waals surface area contributed by atoms with E-state index in [9.17, 15) is 9.18 Å². The molecular weight excluding hydrogens is 251 g/mol. The molecule has 0 saturated carbocycles. The van der Waals surface area contributed by atoms with Gasteiger partial charge in [-0.1, -0.05) is 6.07 Å². The zero-order valence-corrected chi connectivity index (χ0v) is 10.9. The van der Waals surface area contributed by atoms with Crippen LogP contribution in [0.4, 0.5) is 10.1 Å². The Balaban J connectivity index is 2.55. The van der Waals surface area contributed by atoms with Gasteiger partial charge in [-0.05, 0) is 24.6 Å². The maximum absolute atomic E-state index is 13.3. The summed E-state index contributed by atoms with van der Waals surface area (Å²) in [4.78, 5) is 13.3. The summed E-state index contributed by atoms with van der Waals surface area (Å²) < 4.78 is 13.3. The summed E-state index contributed by atoms with van der Waals surface area (Å²) in [5.74, 6) is -0.689. The highest BCUT2D eigenvalue weighted by Gasteiger charge is 2.10. The summed E-state index contributed by atoms with van der Waals surface area (Å²) >= 11 is 0. The molecular formula is C13H19FN2O3. The Morgan fingerprint density at radius 1 is 1.32 bits per heavy atom. The molecule has 0 heterocycles. The standard InChI is InChI=1S/C13H19FN2O3/c1-10-2-3-11(8-12(10)14)15-13(19)9-16(4-6-17)5-7-18/h2-3,8,17-18H,4-7,9H2,1H3,(H,15,19). The lowest BCUT2D eigenvalue weighted by Gasteiger charge is -2.19. The lowest BCUT2D eigenvalue weighted by atomic mass is 10.2. The first-order chi connectivity index (χ1) is 9.06. The van der Waals surface area contributed by atoms with Crippen LogP contribution in [-0.4, -0.2) is 53.9 Å². The molecule has 0 bridgehead atoms. The molecule has 1 aromatic carbocycles. The molecule has 0 aliphatic rings. The number of carbonyl (C=O) groups is 1. The van der Waals surface area contributed by atoms with Crippen molar-refractivity contribution in [2.75, 3.05) is 38.2 Å². The number of benzene rings is 1. The number of aliphatic hydroxyl groups excluding tert-OH is 2. The van der Waals surface area contributed by atoms with E-state index in [1.807, 2.05) is 0 Å². The SMILES string of the molecule is Cc1ccc(NC(=O)CN(CCO)CCO)cc1F. The molecule has 1 rings (SSSR count). The quantitative estimate of drug-likeness (QED) is 0.669. The number of amides is 1. The van der Waals surface area contributed by atoms with Crippen LogP contribution in [0.15, 0.2) is 18.2 Å². The van der Waals surface area contributed by atoms with Crippen LogP contribution >= 0.6 is 0 Å². The largest absolute Gasteiger partial charge is 0.395 e. The zero-order valence-electron chi connectivity index (χ0n) is 10.9. The summed E-state index contributed by atoms with van der Waals surface area (Å²) in [5, 5.41) is 20.2. The zero-order chi connectivity index (χ0) is 14.3. The van der Waals surface area contributed by atoms with Crippen molar-refractivity contribution in [3.63, 3.8) is 0 Å². The number of rotatable bonds is 7. The number of aryl methyl sites for hydroxylation is 1. The highest BCUT2D eigenvalue weighted by atomic mass is 19.1. The number of halogens is 1. The van der Waals surface area contributed by atoms with Crippen molar-refractivity contribution < 1.29 is 19.4 Å². The predicted molar refractivity (Wildman–Crippen MR) is 70.4 cm³/mol. The Hall–Kier alpha value is -1.50. The highest BCUT2D eigenvalue weighted by molar-refractivity contribution is 5.92. The topological polar surface area (TPSA) is 72.8 Å². The van der Waals surface area contributed by atoms with Crippen molar-refractivity contribution in [2.45, 2.75) is 6.92 Å². The fourth-order valence-corrected chi connectivity index (χ4v) is 1.63. The van der Waals surface area contributed by atoms with Gasteiger partial charge in [-0.15, -0.1) is 0 Å². The van der Waals surface area contributed by atoms with Gasteiger partial charge in [0.1, 0.15) is 5.82 Å². The summed E-state index contributed by atoms with van der Waals surface area (Å²) in [6.07, 6.45) is 0. The molecule has 1 amide bonds. The summed E-state index contributed by atoms with van der Waals surface area (Å²) in [6.45, 7) is 2.10. The van der Waals surface area contributed by atoms with Gasteiger partial charge >= 0.3 is 0 Å². The van der Waals surface area contributed by atoms with E-state index < -0.39 is 0 Å². The molecule has 0 aliphatic carbocycles. The molecule has 0 aromatic heterocycles. The number of aliphatic hydroxyl groups is 2.